The third-order valence-corrected chi connectivity index (χ3v) is 4.77. The van der Waals surface area contributed by atoms with Crippen LogP contribution in [0.3, 0.4) is 0 Å². The maximum atomic E-state index is 12.7. The molecule has 4 amide bonds. The molecule has 2 N–H and O–H groups in total. The first-order chi connectivity index (χ1) is 13.0. The summed E-state index contributed by atoms with van der Waals surface area (Å²) in [6.45, 7) is 0.738. The Morgan fingerprint density at radius 3 is 2.63 bits per heavy atom. The number of amides is 4. The number of terminal acetylenes is 1. The van der Waals surface area contributed by atoms with Crippen LogP contribution in [0.5, 0.6) is 0 Å². The number of benzene rings is 1. The molecule has 2 heterocycles. The molecule has 7 heteroatoms. The third-order valence-electron chi connectivity index (χ3n) is 4.77. The molecular weight excluding hydrogens is 346 g/mol. The van der Waals surface area contributed by atoms with Gasteiger partial charge in [-0.3, -0.25) is 29.4 Å². The van der Waals surface area contributed by atoms with E-state index in [1.54, 1.807) is 18.2 Å². The molecule has 1 aromatic carbocycles. The summed E-state index contributed by atoms with van der Waals surface area (Å²) in [5.74, 6) is 0.623. The molecule has 2 aliphatic heterocycles. The number of unbranched alkanes of at least 4 members (excludes halogenated alkanes) is 3. The van der Waals surface area contributed by atoms with Gasteiger partial charge in [-0.25, -0.2) is 0 Å². The molecule has 1 atom stereocenters. The monoisotopic (exact) mass is 367 g/mol. The Balaban J connectivity index is 1.67. The standard InChI is InChI=1S/C20H21N3O4/c1-2-3-4-5-6-11-21-13-7-8-14-15(12-13)20(27)23(19(14)26)16-9-10-17(24)22-18(16)25/h1,7-8,12,16,21H,3-6,9-11H2,(H,22,24,25). The van der Waals surface area contributed by atoms with Gasteiger partial charge >= 0.3 is 0 Å². The van der Waals surface area contributed by atoms with Crippen molar-refractivity contribution in [3.8, 4) is 12.3 Å². The Morgan fingerprint density at radius 1 is 1.11 bits per heavy atom. The van der Waals surface area contributed by atoms with Crippen molar-refractivity contribution in [2.75, 3.05) is 11.9 Å². The molecule has 140 valence electrons. The highest BCUT2D eigenvalue weighted by atomic mass is 16.2. The molecule has 1 saturated heterocycles. The molecule has 0 aromatic heterocycles. The summed E-state index contributed by atoms with van der Waals surface area (Å²) >= 11 is 0. The summed E-state index contributed by atoms with van der Waals surface area (Å²) in [7, 11) is 0. The largest absolute Gasteiger partial charge is 0.385 e. The average Bonchev–Trinajstić information content (AvgIpc) is 2.89. The highest BCUT2D eigenvalue weighted by molar-refractivity contribution is 6.23. The van der Waals surface area contributed by atoms with Gasteiger partial charge in [0, 0.05) is 25.1 Å². The van der Waals surface area contributed by atoms with E-state index in [0.29, 0.717) is 0 Å². The lowest BCUT2D eigenvalue weighted by molar-refractivity contribution is -0.136. The van der Waals surface area contributed by atoms with Gasteiger partial charge in [0.2, 0.25) is 11.8 Å². The van der Waals surface area contributed by atoms with Crippen molar-refractivity contribution in [2.45, 2.75) is 44.6 Å². The minimum absolute atomic E-state index is 0.107. The summed E-state index contributed by atoms with van der Waals surface area (Å²) in [5.41, 5.74) is 1.31. The van der Waals surface area contributed by atoms with E-state index in [2.05, 4.69) is 16.6 Å². The van der Waals surface area contributed by atoms with Gasteiger partial charge < -0.3 is 5.32 Å². The highest BCUT2D eigenvalue weighted by Gasteiger charge is 2.44. The molecule has 27 heavy (non-hydrogen) atoms. The van der Waals surface area contributed by atoms with Crippen LogP contribution in [0, 0.1) is 12.3 Å². The lowest BCUT2D eigenvalue weighted by Gasteiger charge is -2.27. The van der Waals surface area contributed by atoms with E-state index >= 15 is 0 Å². The lowest BCUT2D eigenvalue weighted by atomic mass is 10.0. The number of rotatable bonds is 7. The zero-order chi connectivity index (χ0) is 19.4. The van der Waals surface area contributed by atoms with E-state index in [4.69, 9.17) is 6.42 Å². The second-order valence-electron chi connectivity index (χ2n) is 6.65. The number of imide groups is 2. The summed E-state index contributed by atoms with van der Waals surface area (Å²) in [6.07, 6.45) is 9.20. The predicted octanol–water partition coefficient (Wildman–Crippen LogP) is 1.69. The second kappa shape index (κ2) is 8.04. The molecule has 3 rings (SSSR count). The molecule has 2 aliphatic rings. The molecule has 0 saturated carbocycles. The molecular formula is C20H21N3O4. The zero-order valence-corrected chi connectivity index (χ0v) is 14.9. The molecule has 0 radical (unpaired) electrons. The van der Waals surface area contributed by atoms with Gasteiger partial charge in [-0.15, -0.1) is 12.3 Å². The molecule has 0 bridgehead atoms. The van der Waals surface area contributed by atoms with E-state index in [9.17, 15) is 19.2 Å². The minimum atomic E-state index is -0.942. The van der Waals surface area contributed by atoms with Crippen LogP contribution < -0.4 is 10.6 Å². The normalized spacial score (nSPS) is 18.9. The molecule has 7 nitrogen and oxygen atoms in total. The number of carbonyl (C=O) groups is 4. The van der Waals surface area contributed by atoms with Gasteiger partial charge in [-0.2, -0.15) is 0 Å². The van der Waals surface area contributed by atoms with Crippen LogP contribution in [-0.4, -0.2) is 41.1 Å². The van der Waals surface area contributed by atoms with Gasteiger partial charge in [0.15, 0.2) is 0 Å². The van der Waals surface area contributed by atoms with Crippen LogP contribution in [0.2, 0.25) is 0 Å². The van der Waals surface area contributed by atoms with Crippen LogP contribution in [0.25, 0.3) is 0 Å². The van der Waals surface area contributed by atoms with Gasteiger partial charge in [0.1, 0.15) is 6.04 Å². The van der Waals surface area contributed by atoms with Crippen molar-refractivity contribution < 1.29 is 19.2 Å². The molecule has 1 fully saturated rings. The lowest BCUT2D eigenvalue weighted by Crippen LogP contribution is -2.54. The fourth-order valence-corrected chi connectivity index (χ4v) is 3.34. The highest BCUT2D eigenvalue weighted by Crippen LogP contribution is 2.29. The number of anilines is 1. The predicted molar refractivity (Wildman–Crippen MR) is 98.9 cm³/mol. The molecule has 1 unspecified atom stereocenters. The number of fused-ring (bicyclic) bond motifs is 1. The van der Waals surface area contributed by atoms with Crippen LogP contribution in [0.1, 0.15) is 59.2 Å². The minimum Gasteiger partial charge on any atom is -0.385 e. The fraction of sp³-hybridized carbons (Fsp3) is 0.400. The van der Waals surface area contributed by atoms with Crippen LogP contribution in [0.4, 0.5) is 5.69 Å². The van der Waals surface area contributed by atoms with Crippen LogP contribution in [-0.2, 0) is 9.59 Å². The first-order valence-electron chi connectivity index (χ1n) is 9.06. The van der Waals surface area contributed by atoms with Crippen LogP contribution >= 0.6 is 0 Å². The van der Waals surface area contributed by atoms with E-state index in [-0.39, 0.29) is 29.9 Å². The number of carbonyl (C=O) groups excluding carboxylic acids is 4. The van der Waals surface area contributed by atoms with Gasteiger partial charge in [-0.1, -0.05) is 6.42 Å². The summed E-state index contributed by atoms with van der Waals surface area (Å²) < 4.78 is 0. The Kier molecular flexibility index (Phi) is 5.55. The fourth-order valence-electron chi connectivity index (χ4n) is 3.34. The molecule has 0 spiro atoms. The maximum Gasteiger partial charge on any atom is 0.262 e. The van der Waals surface area contributed by atoms with E-state index < -0.39 is 23.8 Å². The van der Waals surface area contributed by atoms with Crippen molar-refractivity contribution in [3.05, 3.63) is 29.3 Å². The summed E-state index contributed by atoms with van der Waals surface area (Å²) in [5, 5.41) is 5.42. The Labute approximate surface area is 157 Å². The SMILES string of the molecule is C#CCCCCCNc1ccc2c(c1)C(=O)N(C1CCC(=O)NC1=O)C2=O. The molecule has 0 aliphatic carbocycles. The quantitative estimate of drug-likeness (QED) is 0.434. The zero-order valence-electron chi connectivity index (χ0n) is 14.9. The maximum absolute atomic E-state index is 12.7. The average molecular weight is 367 g/mol. The van der Waals surface area contributed by atoms with Gasteiger partial charge in [0.25, 0.3) is 11.8 Å². The number of nitrogens with one attached hydrogen (secondary N) is 2. The summed E-state index contributed by atoms with van der Waals surface area (Å²) in [4.78, 5) is 49.7. The number of hydrogen-bond acceptors (Lipinski definition) is 5. The smallest absolute Gasteiger partial charge is 0.262 e. The topological polar surface area (TPSA) is 95.6 Å². The van der Waals surface area contributed by atoms with E-state index in [0.717, 1.165) is 42.8 Å². The van der Waals surface area contributed by atoms with Gasteiger partial charge in [-0.05, 0) is 37.5 Å². The Bertz CT molecular complexity index is 840. The number of piperidine rings is 1. The first-order valence-corrected chi connectivity index (χ1v) is 9.06. The number of hydrogen-bond donors (Lipinski definition) is 2. The molecule has 1 aromatic rings. The summed E-state index contributed by atoms with van der Waals surface area (Å²) in [6, 6.07) is 4.05. The van der Waals surface area contributed by atoms with Crippen LogP contribution in [0.15, 0.2) is 18.2 Å². The van der Waals surface area contributed by atoms with E-state index in [1.807, 2.05) is 0 Å². The van der Waals surface area contributed by atoms with E-state index in [1.165, 1.54) is 0 Å². The van der Waals surface area contributed by atoms with Crippen molar-refractivity contribution in [3.63, 3.8) is 0 Å². The number of nitrogens with zero attached hydrogens (tertiary/aromatic N) is 1. The third kappa shape index (κ3) is 3.85. The van der Waals surface area contributed by atoms with Crippen molar-refractivity contribution in [1.29, 1.82) is 0 Å². The van der Waals surface area contributed by atoms with Gasteiger partial charge in [0.05, 0.1) is 11.1 Å². The van der Waals surface area contributed by atoms with Crippen molar-refractivity contribution in [2.24, 2.45) is 0 Å². The Morgan fingerprint density at radius 2 is 1.89 bits per heavy atom. The second-order valence-corrected chi connectivity index (χ2v) is 6.65. The van der Waals surface area contributed by atoms with Crippen molar-refractivity contribution >= 4 is 29.3 Å². The van der Waals surface area contributed by atoms with Crippen molar-refractivity contribution in [1.82, 2.24) is 10.2 Å². The first kappa shape index (κ1) is 18.6. The Hall–Kier alpha value is -3.14.